The lowest BCUT2D eigenvalue weighted by molar-refractivity contribution is -0.107. The topological polar surface area (TPSA) is 105 Å². The minimum absolute atomic E-state index is 0.123. The fourth-order valence-corrected chi connectivity index (χ4v) is 2.78. The molecule has 0 fully saturated rings. The van der Waals surface area contributed by atoms with Crippen LogP contribution >= 0.6 is 11.6 Å². The SMILES string of the molecule is CC(C)O.CO.Cn1c(CC=O)c(-c2cncnc2)c2cc(Cl)ccc2c1=O. The summed E-state index contributed by atoms with van der Waals surface area (Å²) in [6.45, 7) is 3.44. The number of carbonyl (C=O) groups is 1. The van der Waals surface area contributed by atoms with Crippen LogP contribution in [0.5, 0.6) is 0 Å². The molecule has 0 radical (unpaired) electrons. The molecular formula is C20H24ClN3O4. The van der Waals surface area contributed by atoms with E-state index < -0.39 is 0 Å². The van der Waals surface area contributed by atoms with Gasteiger partial charge in [0.25, 0.3) is 5.56 Å². The lowest BCUT2D eigenvalue weighted by atomic mass is 9.97. The van der Waals surface area contributed by atoms with Crippen molar-refractivity contribution in [2.45, 2.75) is 26.4 Å². The Morgan fingerprint density at radius 1 is 1.18 bits per heavy atom. The van der Waals surface area contributed by atoms with E-state index in [4.69, 9.17) is 21.8 Å². The average Bonchev–Trinajstić information content (AvgIpc) is 2.68. The number of fused-ring (bicyclic) bond motifs is 1. The monoisotopic (exact) mass is 405 g/mol. The van der Waals surface area contributed by atoms with E-state index in [2.05, 4.69) is 9.97 Å². The number of hydrogen-bond acceptors (Lipinski definition) is 6. The second-order valence-electron chi connectivity index (χ2n) is 5.97. The summed E-state index contributed by atoms with van der Waals surface area (Å²) >= 11 is 6.09. The molecule has 2 N–H and O–H groups in total. The normalized spacial score (nSPS) is 10.0. The molecule has 0 aliphatic carbocycles. The molecule has 8 heteroatoms. The maximum Gasteiger partial charge on any atom is 0.258 e. The Morgan fingerprint density at radius 3 is 2.29 bits per heavy atom. The number of rotatable bonds is 3. The zero-order chi connectivity index (χ0) is 21.3. The van der Waals surface area contributed by atoms with Crippen molar-refractivity contribution in [3.8, 4) is 11.1 Å². The molecule has 0 bridgehead atoms. The first-order chi connectivity index (χ1) is 13.4. The Bertz CT molecular complexity index is 970. The Morgan fingerprint density at radius 2 is 1.75 bits per heavy atom. The fourth-order valence-electron chi connectivity index (χ4n) is 2.60. The van der Waals surface area contributed by atoms with Crippen LogP contribution in [0.25, 0.3) is 21.9 Å². The third kappa shape index (κ3) is 5.69. The minimum Gasteiger partial charge on any atom is -0.400 e. The number of benzene rings is 1. The molecule has 0 spiro atoms. The Kier molecular flexibility index (Phi) is 9.44. The van der Waals surface area contributed by atoms with Crippen molar-refractivity contribution in [1.29, 1.82) is 0 Å². The Labute approximate surface area is 168 Å². The summed E-state index contributed by atoms with van der Waals surface area (Å²) < 4.78 is 1.49. The average molecular weight is 406 g/mol. The number of carbonyl (C=O) groups excluding carboxylic acids is 1. The summed E-state index contributed by atoms with van der Waals surface area (Å²) in [5, 5.41) is 16.8. The number of aldehydes is 1. The summed E-state index contributed by atoms with van der Waals surface area (Å²) in [7, 11) is 2.66. The maximum atomic E-state index is 12.5. The van der Waals surface area contributed by atoms with Crippen molar-refractivity contribution in [2.24, 2.45) is 7.05 Å². The van der Waals surface area contributed by atoms with Crippen LogP contribution in [-0.2, 0) is 18.3 Å². The minimum atomic E-state index is -0.167. The van der Waals surface area contributed by atoms with Crippen LogP contribution < -0.4 is 5.56 Å². The molecule has 0 aliphatic heterocycles. The van der Waals surface area contributed by atoms with Gasteiger partial charge in [-0.2, -0.15) is 0 Å². The van der Waals surface area contributed by atoms with Gasteiger partial charge in [-0.15, -0.1) is 0 Å². The number of aromatic nitrogens is 3. The number of pyridine rings is 1. The van der Waals surface area contributed by atoms with Gasteiger partial charge in [0.1, 0.15) is 12.6 Å². The third-order valence-electron chi connectivity index (χ3n) is 3.61. The van der Waals surface area contributed by atoms with Crippen LogP contribution in [0.2, 0.25) is 5.02 Å². The van der Waals surface area contributed by atoms with Gasteiger partial charge in [0, 0.05) is 66.3 Å². The van der Waals surface area contributed by atoms with Crippen molar-refractivity contribution in [2.75, 3.05) is 7.11 Å². The fraction of sp³-hybridized carbons (Fsp3) is 0.300. The first-order valence-corrected chi connectivity index (χ1v) is 8.87. The van der Waals surface area contributed by atoms with E-state index in [9.17, 15) is 9.59 Å². The van der Waals surface area contributed by atoms with Crippen LogP contribution in [0.4, 0.5) is 0 Å². The van der Waals surface area contributed by atoms with Gasteiger partial charge in [-0.25, -0.2) is 9.97 Å². The highest BCUT2D eigenvalue weighted by atomic mass is 35.5. The number of nitrogens with zero attached hydrogens (tertiary/aromatic N) is 3. The smallest absolute Gasteiger partial charge is 0.258 e. The summed E-state index contributed by atoms with van der Waals surface area (Å²) in [5.74, 6) is 0. The molecule has 0 saturated carbocycles. The molecule has 3 rings (SSSR count). The zero-order valence-corrected chi connectivity index (χ0v) is 17.0. The number of hydrogen-bond donors (Lipinski definition) is 2. The standard InChI is InChI=1S/C16H12ClN3O2.C3H8O.CH4O/c1-20-14(4-5-21)15(10-7-18-9-19-8-10)13-6-11(17)2-3-12(13)16(20)22;1-3(2)4;1-2/h2-3,5-9H,4H2,1H3;3-4H,1-2H3;2H,1H3. The second kappa shape index (κ2) is 11.3. The molecule has 0 aliphatic rings. The van der Waals surface area contributed by atoms with Gasteiger partial charge in [-0.1, -0.05) is 11.6 Å². The van der Waals surface area contributed by atoms with E-state index in [1.54, 1.807) is 51.5 Å². The molecular weight excluding hydrogens is 382 g/mol. The summed E-state index contributed by atoms with van der Waals surface area (Å²) in [6, 6.07) is 5.10. The number of aliphatic hydroxyl groups is 2. The number of halogens is 1. The lowest BCUT2D eigenvalue weighted by Crippen LogP contribution is -2.22. The van der Waals surface area contributed by atoms with Gasteiger partial charge in [0.15, 0.2) is 0 Å². The van der Waals surface area contributed by atoms with E-state index in [1.165, 1.54) is 10.9 Å². The highest BCUT2D eigenvalue weighted by molar-refractivity contribution is 6.31. The molecule has 28 heavy (non-hydrogen) atoms. The van der Waals surface area contributed by atoms with E-state index in [0.717, 1.165) is 24.5 Å². The molecule has 0 amide bonds. The lowest BCUT2D eigenvalue weighted by Gasteiger charge is -2.15. The molecule has 1 aromatic carbocycles. The molecule has 0 atom stereocenters. The van der Waals surface area contributed by atoms with Crippen molar-refractivity contribution in [1.82, 2.24) is 14.5 Å². The van der Waals surface area contributed by atoms with Gasteiger partial charge in [0.05, 0.1) is 0 Å². The van der Waals surface area contributed by atoms with Gasteiger partial charge in [-0.3, -0.25) is 4.79 Å². The first-order valence-electron chi connectivity index (χ1n) is 8.49. The van der Waals surface area contributed by atoms with Crippen LogP contribution in [0, 0.1) is 0 Å². The second-order valence-corrected chi connectivity index (χ2v) is 6.40. The Balaban J connectivity index is 0.000000583. The van der Waals surface area contributed by atoms with Crippen molar-refractivity contribution < 1.29 is 15.0 Å². The molecule has 0 saturated heterocycles. The molecule has 150 valence electrons. The zero-order valence-electron chi connectivity index (χ0n) is 16.3. The summed E-state index contributed by atoms with van der Waals surface area (Å²) in [4.78, 5) is 31.6. The van der Waals surface area contributed by atoms with Crippen LogP contribution in [-0.4, -0.2) is 44.2 Å². The van der Waals surface area contributed by atoms with Crippen LogP contribution in [0.1, 0.15) is 19.5 Å². The maximum absolute atomic E-state index is 12.5. The van der Waals surface area contributed by atoms with Crippen molar-refractivity contribution in [3.63, 3.8) is 0 Å². The van der Waals surface area contributed by atoms with Gasteiger partial charge < -0.3 is 19.6 Å². The molecule has 0 unspecified atom stereocenters. The molecule has 2 heterocycles. The van der Waals surface area contributed by atoms with Crippen molar-refractivity contribution in [3.05, 3.63) is 58.0 Å². The Hall–Kier alpha value is -2.61. The predicted octanol–water partition coefficient (Wildman–Crippen LogP) is 2.39. The van der Waals surface area contributed by atoms with Crippen molar-refractivity contribution >= 4 is 28.7 Å². The number of aliphatic hydroxyl groups excluding tert-OH is 2. The summed E-state index contributed by atoms with van der Waals surface area (Å²) in [5.41, 5.74) is 1.95. The van der Waals surface area contributed by atoms with E-state index in [0.29, 0.717) is 21.5 Å². The van der Waals surface area contributed by atoms with E-state index >= 15 is 0 Å². The summed E-state index contributed by atoms with van der Waals surface area (Å²) in [6.07, 6.45) is 5.47. The van der Waals surface area contributed by atoms with Crippen LogP contribution in [0.15, 0.2) is 41.7 Å². The van der Waals surface area contributed by atoms with E-state index in [1.807, 2.05) is 0 Å². The predicted molar refractivity (Wildman–Crippen MR) is 110 cm³/mol. The molecule has 3 aromatic rings. The third-order valence-corrected chi connectivity index (χ3v) is 3.84. The van der Waals surface area contributed by atoms with Gasteiger partial charge >= 0.3 is 0 Å². The van der Waals surface area contributed by atoms with E-state index in [-0.39, 0.29) is 18.1 Å². The quantitative estimate of drug-likeness (QED) is 0.648. The van der Waals surface area contributed by atoms with Gasteiger partial charge in [-0.05, 0) is 37.4 Å². The highest BCUT2D eigenvalue weighted by Crippen LogP contribution is 2.31. The van der Waals surface area contributed by atoms with Crippen LogP contribution in [0.3, 0.4) is 0 Å². The molecule has 7 nitrogen and oxygen atoms in total. The molecule has 2 aromatic heterocycles. The first kappa shape index (κ1) is 23.4. The largest absolute Gasteiger partial charge is 0.400 e. The van der Waals surface area contributed by atoms with Gasteiger partial charge in [0.2, 0.25) is 0 Å². The highest BCUT2D eigenvalue weighted by Gasteiger charge is 2.16.